The second-order valence-electron chi connectivity index (χ2n) is 5.57. The van der Waals surface area contributed by atoms with Crippen LogP contribution in [0.25, 0.3) is 0 Å². The highest BCUT2D eigenvalue weighted by molar-refractivity contribution is 5.93. The van der Waals surface area contributed by atoms with Gasteiger partial charge in [0.05, 0.1) is 0 Å². The SMILES string of the molecule is Cc1ccccc1N1CCN(C(=O)c2cccn2C)CC1. The predicted octanol–water partition coefficient (Wildman–Crippen LogP) is 2.30. The molecule has 0 saturated carbocycles. The van der Waals surface area contributed by atoms with E-state index in [9.17, 15) is 4.79 Å². The number of hydrogen-bond acceptors (Lipinski definition) is 2. The number of amides is 1. The number of nitrogens with zero attached hydrogens (tertiary/aromatic N) is 3. The molecule has 0 aliphatic carbocycles. The van der Waals surface area contributed by atoms with E-state index < -0.39 is 0 Å². The highest BCUT2D eigenvalue weighted by Crippen LogP contribution is 2.21. The maximum absolute atomic E-state index is 12.5. The molecule has 1 saturated heterocycles. The Bertz CT molecular complexity index is 639. The monoisotopic (exact) mass is 283 g/mol. The first kappa shape index (κ1) is 13.7. The van der Waals surface area contributed by atoms with Gasteiger partial charge < -0.3 is 14.4 Å². The van der Waals surface area contributed by atoms with Crippen molar-refractivity contribution in [1.82, 2.24) is 9.47 Å². The Morgan fingerprint density at radius 3 is 2.33 bits per heavy atom. The third kappa shape index (κ3) is 2.66. The molecule has 0 bridgehead atoms. The quantitative estimate of drug-likeness (QED) is 0.846. The van der Waals surface area contributed by atoms with Crippen LogP contribution in [0.2, 0.25) is 0 Å². The third-order valence-corrected chi connectivity index (χ3v) is 4.19. The van der Waals surface area contributed by atoms with Crippen LogP contribution in [0.3, 0.4) is 0 Å². The molecule has 1 aromatic heterocycles. The van der Waals surface area contributed by atoms with E-state index in [4.69, 9.17) is 0 Å². The number of para-hydroxylation sites is 1. The summed E-state index contributed by atoms with van der Waals surface area (Å²) in [6, 6.07) is 12.2. The lowest BCUT2D eigenvalue weighted by molar-refractivity contribution is 0.0737. The number of hydrogen-bond donors (Lipinski definition) is 0. The topological polar surface area (TPSA) is 28.5 Å². The minimum Gasteiger partial charge on any atom is -0.368 e. The summed E-state index contributed by atoms with van der Waals surface area (Å²) in [5.41, 5.74) is 3.34. The first-order valence-electron chi connectivity index (χ1n) is 7.38. The van der Waals surface area contributed by atoms with E-state index in [2.05, 4.69) is 36.1 Å². The highest BCUT2D eigenvalue weighted by atomic mass is 16.2. The molecule has 0 unspecified atom stereocenters. The van der Waals surface area contributed by atoms with Crippen molar-refractivity contribution in [2.75, 3.05) is 31.1 Å². The van der Waals surface area contributed by atoms with Gasteiger partial charge in [-0.15, -0.1) is 0 Å². The minimum absolute atomic E-state index is 0.131. The van der Waals surface area contributed by atoms with E-state index in [0.29, 0.717) is 0 Å². The summed E-state index contributed by atoms with van der Waals surface area (Å²) < 4.78 is 1.88. The summed E-state index contributed by atoms with van der Waals surface area (Å²) >= 11 is 0. The number of benzene rings is 1. The molecule has 2 aromatic rings. The van der Waals surface area contributed by atoms with Crippen molar-refractivity contribution < 1.29 is 4.79 Å². The molecule has 0 atom stereocenters. The lowest BCUT2D eigenvalue weighted by atomic mass is 10.1. The van der Waals surface area contributed by atoms with Crippen molar-refractivity contribution in [2.45, 2.75) is 6.92 Å². The second kappa shape index (κ2) is 5.64. The molecule has 0 spiro atoms. The average molecular weight is 283 g/mol. The first-order chi connectivity index (χ1) is 10.2. The highest BCUT2D eigenvalue weighted by Gasteiger charge is 2.23. The maximum atomic E-state index is 12.5. The van der Waals surface area contributed by atoms with Gasteiger partial charge in [-0.1, -0.05) is 18.2 Å². The van der Waals surface area contributed by atoms with Gasteiger partial charge in [0.1, 0.15) is 5.69 Å². The number of anilines is 1. The zero-order valence-electron chi connectivity index (χ0n) is 12.6. The van der Waals surface area contributed by atoms with Crippen LogP contribution < -0.4 is 4.90 Å². The number of carbonyl (C=O) groups is 1. The van der Waals surface area contributed by atoms with Crippen LogP contribution in [0.5, 0.6) is 0 Å². The van der Waals surface area contributed by atoms with Gasteiger partial charge in [-0.05, 0) is 30.7 Å². The standard InChI is InChI=1S/C17H21N3O/c1-14-6-3-4-7-15(14)19-10-12-20(13-11-19)17(21)16-8-5-9-18(16)2/h3-9H,10-13H2,1-2H3. The zero-order valence-corrected chi connectivity index (χ0v) is 12.6. The van der Waals surface area contributed by atoms with Crippen molar-refractivity contribution in [3.05, 3.63) is 53.9 Å². The van der Waals surface area contributed by atoms with E-state index in [0.717, 1.165) is 31.9 Å². The van der Waals surface area contributed by atoms with Crippen molar-refractivity contribution in [3.8, 4) is 0 Å². The molecule has 0 radical (unpaired) electrons. The van der Waals surface area contributed by atoms with Gasteiger partial charge in [0, 0.05) is 45.1 Å². The van der Waals surface area contributed by atoms with Crippen LogP contribution in [-0.2, 0) is 7.05 Å². The molecule has 1 fully saturated rings. The van der Waals surface area contributed by atoms with Crippen LogP contribution in [0, 0.1) is 6.92 Å². The second-order valence-corrected chi connectivity index (χ2v) is 5.57. The summed E-state index contributed by atoms with van der Waals surface area (Å²) in [6.45, 7) is 5.47. The molecule has 110 valence electrons. The zero-order chi connectivity index (χ0) is 14.8. The Kier molecular flexibility index (Phi) is 3.69. The van der Waals surface area contributed by atoms with Crippen LogP contribution in [0.1, 0.15) is 16.1 Å². The smallest absolute Gasteiger partial charge is 0.270 e. The van der Waals surface area contributed by atoms with Crippen molar-refractivity contribution >= 4 is 11.6 Å². The van der Waals surface area contributed by atoms with Gasteiger partial charge in [0.2, 0.25) is 0 Å². The average Bonchev–Trinajstić information content (AvgIpc) is 2.93. The van der Waals surface area contributed by atoms with Crippen molar-refractivity contribution in [2.24, 2.45) is 7.05 Å². The molecule has 1 aromatic carbocycles. The normalized spacial score (nSPS) is 15.3. The van der Waals surface area contributed by atoms with Gasteiger partial charge in [-0.3, -0.25) is 4.79 Å². The molecular weight excluding hydrogens is 262 g/mol. The Balaban J connectivity index is 1.67. The molecular formula is C17H21N3O. The Morgan fingerprint density at radius 2 is 1.71 bits per heavy atom. The van der Waals surface area contributed by atoms with E-state index in [1.807, 2.05) is 34.8 Å². The number of piperazine rings is 1. The van der Waals surface area contributed by atoms with E-state index in [1.54, 1.807) is 0 Å². The van der Waals surface area contributed by atoms with E-state index in [1.165, 1.54) is 11.3 Å². The first-order valence-corrected chi connectivity index (χ1v) is 7.38. The molecule has 3 rings (SSSR count). The number of aromatic nitrogens is 1. The number of carbonyl (C=O) groups excluding carboxylic acids is 1. The minimum atomic E-state index is 0.131. The Hall–Kier alpha value is -2.23. The van der Waals surface area contributed by atoms with E-state index in [-0.39, 0.29) is 5.91 Å². The summed E-state index contributed by atoms with van der Waals surface area (Å²) in [5, 5.41) is 0. The lowest BCUT2D eigenvalue weighted by Crippen LogP contribution is -2.49. The Labute approximate surface area is 125 Å². The van der Waals surface area contributed by atoms with Gasteiger partial charge in [-0.2, -0.15) is 0 Å². The van der Waals surface area contributed by atoms with Crippen molar-refractivity contribution in [3.63, 3.8) is 0 Å². The number of rotatable bonds is 2. The molecule has 1 amide bonds. The molecule has 4 heteroatoms. The summed E-state index contributed by atoms with van der Waals surface area (Å²) in [6.07, 6.45) is 1.91. The van der Waals surface area contributed by atoms with Crippen LogP contribution >= 0.6 is 0 Å². The fraction of sp³-hybridized carbons (Fsp3) is 0.353. The lowest BCUT2D eigenvalue weighted by Gasteiger charge is -2.36. The van der Waals surface area contributed by atoms with Crippen LogP contribution in [0.15, 0.2) is 42.6 Å². The van der Waals surface area contributed by atoms with E-state index >= 15 is 0 Å². The largest absolute Gasteiger partial charge is 0.368 e. The Morgan fingerprint density at radius 1 is 1.00 bits per heavy atom. The molecule has 21 heavy (non-hydrogen) atoms. The molecule has 1 aliphatic rings. The summed E-state index contributed by atoms with van der Waals surface area (Å²) in [4.78, 5) is 16.8. The molecule has 1 aliphatic heterocycles. The summed E-state index contributed by atoms with van der Waals surface area (Å²) in [5.74, 6) is 0.131. The van der Waals surface area contributed by atoms with Gasteiger partial charge in [-0.25, -0.2) is 0 Å². The third-order valence-electron chi connectivity index (χ3n) is 4.19. The maximum Gasteiger partial charge on any atom is 0.270 e. The summed E-state index contributed by atoms with van der Waals surface area (Å²) in [7, 11) is 1.91. The van der Waals surface area contributed by atoms with Crippen molar-refractivity contribution in [1.29, 1.82) is 0 Å². The van der Waals surface area contributed by atoms with Gasteiger partial charge >= 0.3 is 0 Å². The van der Waals surface area contributed by atoms with Gasteiger partial charge in [0.15, 0.2) is 0 Å². The molecule has 0 N–H and O–H groups in total. The molecule has 2 heterocycles. The fourth-order valence-electron chi connectivity index (χ4n) is 2.91. The van der Waals surface area contributed by atoms with Crippen LogP contribution in [0.4, 0.5) is 5.69 Å². The van der Waals surface area contributed by atoms with Crippen LogP contribution in [-0.4, -0.2) is 41.6 Å². The number of aryl methyl sites for hydroxylation is 2. The molecule has 4 nitrogen and oxygen atoms in total. The fourth-order valence-corrected chi connectivity index (χ4v) is 2.91. The predicted molar refractivity (Wildman–Crippen MR) is 84.7 cm³/mol. The van der Waals surface area contributed by atoms with Gasteiger partial charge in [0.25, 0.3) is 5.91 Å².